The van der Waals surface area contributed by atoms with Crippen LogP contribution in [0.15, 0.2) is 22.8 Å². The second kappa shape index (κ2) is 6.94. The first-order chi connectivity index (χ1) is 11.1. The summed E-state index contributed by atoms with van der Waals surface area (Å²) < 4.78 is 1.04. The molecule has 1 aromatic carbocycles. The smallest absolute Gasteiger partial charge is 0.227 e. The Bertz CT molecular complexity index is 758. The SMILES string of the molecule is Cl.N[C@@H]1CCCN(c2c(Br)ccc3[nH]cc(NC(=O)C4CC4)c23)C1. The van der Waals surface area contributed by atoms with E-state index in [9.17, 15) is 4.79 Å². The molecule has 5 nitrogen and oxygen atoms in total. The molecule has 4 N–H and O–H groups in total. The Balaban J connectivity index is 0.00000169. The van der Waals surface area contributed by atoms with Crippen molar-refractivity contribution < 1.29 is 4.79 Å². The minimum absolute atomic E-state index is 0. The van der Waals surface area contributed by atoms with Crippen LogP contribution < -0.4 is 16.0 Å². The van der Waals surface area contributed by atoms with Crippen molar-refractivity contribution >= 4 is 56.5 Å². The summed E-state index contributed by atoms with van der Waals surface area (Å²) in [6, 6.07) is 4.30. The standard InChI is InChI=1S/C17H21BrN4O.ClH/c18-12-5-6-13-15(16(12)22-7-1-2-11(19)9-22)14(8-20-13)21-17(23)10-3-4-10;/h5-6,8,10-11,20H,1-4,7,9,19H2,(H,21,23);1H/t11-;/m1./s1. The summed E-state index contributed by atoms with van der Waals surface area (Å²) in [6.07, 6.45) is 6.07. The highest BCUT2D eigenvalue weighted by atomic mass is 79.9. The lowest BCUT2D eigenvalue weighted by Crippen LogP contribution is -2.43. The van der Waals surface area contributed by atoms with Crippen molar-refractivity contribution in [1.29, 1.82) is 0 Å². The average molecular weight is 414 g/mol. The Morgan fingerprint density at radius 3 is 2.83 bits per heavy atom. The van der Waals surface area contributed by atoms with Crippen molar-refractivity contribution in [3.8, 4) is 0 Å². The summed E-state index contributed by atoms with van der Waals surface area (Å²) in [5.74, 6) is 0.325. The number of nitrogens with zero attached hydrogens (tertiary/aromatic N) is 1. The number of amides is 1. The summed E-state index contributed by atoms with van der Waals surface area (Å²) in [7, 11) is 0. The first kappa shape index (κ1) is 17.6. The number of fused-ring (bicyclic) bond motifs is 1. The van der Waals surface area contributed by atoms with Gasteiger partial charge in [-0.3, -0.25) is 4.79 Å². The van der Waals surface area contributed by atoms with Crippen LogP contribution in [0.2, 0.25) is 0 Å². The topological polar surface area (TPSA) is 74.2 Å². The lowest BCUT2D eigenvalue weighted by Gasteiger charge is -2.34. The van der Waals surface area contributed by atoms with Crippen LogP contribution in [-0.4, -0.2) is 30.0 Å². The van der Waals surface area contributed by atoms with E-state index < -0.39 is 0 Å². The molecule has 1 saturated heterocycles. The van der Waals surface area contributed by atoms with Gasteiger partial charge in [0.05, 0.1) is 11.4 Å². The lowest BCUT2D eigenvalue weighted by atomic mass is 10.0. The van der Waals surface area contributed by atoms with Crippen molar-refractivity contribution in [1.82, 2.24) is 4.98 Å². The number of anilines is 2. The molecule has 1 aliphatic heterocycles. The molecule has 4 rings (SSSR count). The monoisotopic (exact) mass is 412 g/mol. The molecule has 1 aromatic heterocycles. The third kappa shape index (κ3) is 3.27. The van der Waals surface area contributed by atoms with E-state index >= 15 is 0 Å². The molecule has 0 radical (unpaired) electrons. The van der Waals surface area contributed by atoms with Gasteiger partial charge in [-0.15, -0.1) is 12.4 Å². The van der Waals surface area contributed by atoms with E-state index in [0.717, 1.165) is 65.5 Å². The van der Waals surface area contributed by atoms with E-state index in [0.29, 0.717) is 0 Å². The van der Waals surface area contributed by atoms with Gasteiger partial charge >= 0.3 is 0 Å². The van der Waals surface area contributed by atoms with Gasteiger partial charge in [-0.25, -0.2) is 0 Å². The molecule has 7 heteroatoms. The second-order valence-electron chi connectivity index (χ2n) is 6.63. The van der Waals surface area contributed by atoms with Crippen LogP contribution in [0.25, 0.3) is 10.9 Å². The third-order valence-electron chi connectivity index (χ3n) is 4.75. The van der Waals surface area contributed by atoms with Gasteiger partial charge in [0.2, 0.25) is 5.91 Å². The molecule has 2 fully saturated rings. The number of halogens is 2. The quantitative estimate of drug-likeness (QED) is 0.719. The highest BCUT2D eigenvalue weighted by Crippen LogP contribution is 2.40. The number of carbonyl (C=O) groups is 1. The Morgan fingerprint density at radius 1 is 1.33 bits per heavy atom. The molecule has 1 saturated carbocycles. The van der Waals surface area contributed by atoms with Gasteiger partial charge in [-0.1, -0.05) is 0 Å². The van der Waals surface area contributed by atoms with E-state index in [4.69, 9.17) is 5.73 Å². The first-order valence-corrected chi connectivity index (χ1v) is 9.04. The molecule has 0 unspecified atom stereocenters. The molecule has 130 valence electrons. The summed E-state index contributed by atoms with van der Waals surface area (Å²) >= 11 is 3.69. The average Bonchev–Trinajstić information content (AvgIpc) is 3.31. The van der Waals surface area contributed by atoms with Gasteiger partial charge in [0, 0.05) is 46.6 Å². The molecule has 2 aromatic rings. The summed E-state index contributed by atoms with van der Waals surface area (Å²) in [5.41, 5.74) is 9.20. The van der Waals surface area contributed by atoms with Crippen LogP contribution >= 0.6 is 28.3 Å². The molecule has 24 heavy (non-hydrogen) atoms. The van der Waals surface area contributed by atoms with Crippen molar-refractivity contribution in [2.24, 2.45) is 11.7 Å². The van der Waals surface area contributed by atoms with Gasteiger partial charge in [0.15, 0.2) is 0 Å². The molecule has 1 aliphatic carbocycles. The molecule has 0 bridgehead atoms. The number of aromatic nitrogens is 1. The van der Waals surface area contributed by atoms with Gasteiger partial charge < -0.3 is 20.9 Å². The van der Waals surface area contributed by atoms with Crippen molar-refractivity contribution in [3.63, 3.8) is 0 Å². The number of nitrogens with two attached hydrogens (primary N) is 1. The molecular formula is C17H22BrClN4O. The fourth-order valence-corrected chi connectivity index (χ4v) is 3.96. The molecule has 2 heterocycles. The van der Waals surface area contributed by atoms with Gasteiger partial charge in [0.1, 0.15) is 0 Å². The zero-order valence-electron chi connectivity index (χ0n) is 13.3. The molecule has 1 amide bonds. The maximum absolute atomic E-state index is 12.2. The van der Waals surface area contributed by atoms with Crippen molar-refractivity contribution in [2.75, 3.05) is 23.3 Å². The minimum atomic E-state index is 0. The van der Waals surface area contributed by atoms with Crippen LogP contribution in [0.4, 0.5) is 11.4 Å². The number of hydrogen-bond donors (Lipinski definition) is 3. The Hall–Kier alpha value is -1.24. The Kier molecular flexibility index (Phi) is 5.08. The zero-order chi connectivity index (χ0) is 16.0. The summed E-state index contributed by atoms with van der Waals surface area (Å²) in [6.45, 7) is 1.84. The fourth-order valence-electron chi connectivity index (χ4n) is 3.38. The number of carbonyl (C=O) groups excluding carboxylic acids is 1. The number of aromatic amines is 1. The molecule has 2 aliphatic rings. The van der Waals surface area contributed by atoms with Crippen LogP contribution in [0.5, 0.6) is 0 Å². The number of nitrogens with one attached hydrogen (secondary N) is 2. The van der Waals surface area contributed by atoms with Crippen LogP contribution in [0, 0.1) is 5.92 Å². The highest BCUT2D eigenvalue weighted by molar-refractivity contribution is 9.10. The zero-order valence-corrected chi connectivity index (χ0v) is 15.8. The normalized spacial score (nSPS) is 20.8. The van der Waals surface area contributed by atoms with Crippen LogP contribution in [0.1, 0.15) is 25.7 Å². The van der Waals surface area contributed by atoms with Crippen LogP contribution in [0.3, 0.4) is 0 Å². The predicted molar refractivity (Wildman–Crippen MR) is 104 cm³/mol. The van der Waals surface area contributed by atoms with Crippen LogP contribution in [-0.2, 0) is 4.79 Å². The Morgan fingerprint density at radius 2 is 2.12 bits per heavy atom. The van der Waals surface area contributed by atoms with Crippen molar-refractivity contribution in [2.45, 2.75) is 31.7 Å². The van der Waals surface area contributed by atoms with E-state index in [2.05, 4.69) is 37.2 Å². The van der Waals surface area contributed by atoms with Gasteiger partial charge in [-0.2, -0.15) is 0 Å². The van der Waals surface area contributed by atoms with Gasteiger partial charge in [0.25, 0.3) is 0 Å². The van der Waals surface area contributed by atoms with E-state index in [1.807, 2.05) is 12.3 Å². The second-order valence-corrected chi connectivity index (χ2v) is 7.49. The predicted octanol–water partition coefficient (Wildman–Crippen LogP) is 3.63. The first-order valence-electron chi connectivity index (χ1n) is 8.24. The fraction of sp³-hybridized carbons (Fsp3) is 0.471. The molecule has 1 atom stereocenters. The summed E-state index contributed by atoms with van der Waals surface area (Å²) in [5, 5.41) is 4.17. The number of hydrogen-bond acceptors (Lipinski definition) is 3. The Labute approximate surface area is 155 Å². The van der Waals surface area contributed by atoms with Crippen molar-refractivity contribution in [3.05, 3.63) is 22.8 Å². The number of rotatable bonds is 3. The number of benzene rings is 1. The van der Waals surface area contributed by atoms with E-state index in [-0.39, 0.29) is 30.3 Å². The number of piperidine rings is 1. The maximum atomic E-state index is 12.2. The third-order valence-corrected chi connectivity index (χ3v) is 5.39. The molecular weight excluding hydrogens is 392 g/mol. The van der Waals surface area contributed by atoms with E-state index in [1.54, 1.807) is 0 Å². The number of H-pyrrole nitrogens is 1. The summed E-state index contributed by atoms with van der Waals surface area (Å²) in [4.78, 5) is 17.8. The van der Waals surface area contributed by atoms with E-state index in [1.165, 1.54) is 0 Å². The largest absolute Gasteiger partial charge is 0.368 e. The highest BCUT2D eigenvalue weighted by Gasteiger charge is 2.30. The maximum Gasteiger partial charge on any atom is 0.227 e. The lowest BCUT2D eigenvalue weighted by molar-refractivity contribution is -0.117. The minimum Gasteiger partial charge on any atom is -0.368 e. The van der Waals surface area contributed by atoms with Gasteiger partial charge in [-0.05, 0) is 53.7 Å². The molecule has 0 spiro atoms.